The molecule has 0 atom stereocenters. The van der Waals surface area contributed by atoms with E-state index in [9.17, 15) is 31.6 Å². The maximum Gasteiger partial charge on any atom is 0.295 e. The first-order valence-corrected chi connectivity index (χ1v) is 8.49. The van der Waals surface area contributed by atoms with Crippen molar-refractivity contribution in [3.05, 3.63) is 36.4 Å². The monoisotopic (exact) mass is 346 g/mol. The molecular weight excluding hydrogens is 336 g/mol. The molecule has 0 unspecified atom stereocenters. The van der Waals surface area contributed by atoms with Gasteiger partial charge in [-0.2, -0.15) is 16.8 Å². The van der Waals surface area contributed by atoms with E-state index in [4.69, 9.17) is 4.55 Å². The van der Waals surface area contributed by atoms with E-state index >= 15 is 0 Å². The van der Waals surface area contributed by atoms with Gasteiger partial charge in [0.25, 0.3) is 20.2 Å². The first-order chi connectivity index (χ1) is 10.00. The molecule has 2 aromatic carbocycles. The Morgan fingerprint density at radius 2 is 1.32 bits per heavy atom. The minimum Gasteiger partial charge on any atom is -0.508 e. The van der Waals surface area contributed by atoms with E-state index in [0.717, 1.165) is 18.2 Å². The van der Waals surface area contributed by atoms with Gasteiger partial charge >= 0.3 is 0 Å². The molecule has 8 nitrogen and oxygen atoms in total. The maximum absolute atomic E-state index is 11.4. The summed E-state index contributed by atoms with van der Waals surface area (Å²) in [4.78, 5) is -1.55. The van der Waals surface area contributed by atoms with Gasteiger partial charge in [0.15, 0.2) is 0 Å². The Kier molecular flexibility index (Phi) is 3.87. The maximum atomic E-state index is 11.4. The second kappa shape index (κ2) is 5.25. The van der Waals surface area contributed by atoms with Gasteiger partial charge in [0, 0.05) is 17.2 Å². The largest absolute Gasteiger partial charge is 0.508 e. The number of hydrogen-bond donors (Lipinski definition) is 4. The van der Waals surface area contributed by atoms with Crippen molar-refractivity contribution in [1.29, 1.82) is 0 Å². The number of rotatable bonds is 3. The van der Waals surface area contributed by atoms with Gasteiger partial charge in [-0.3, -0.25) is 9.11 Å². The Labute approximate surface area is 125 Å². The van der Waals surface area contributed by atoms with Crippen molar-refractivity contribution in [1.82, 2.24) is 0 Å². The second-order valence-electron chi connectivity index (χ2n) is 4.31. The minimum atomic E-state index is -4.84. The van der Waals surface area contributed by atoms with E-state index in [-0.39, 0.29) is 16.9 Å². The topological polar surface area (TPSA) is 149 Å². The third-order valence-corrected chi connectivity index (χ3v) is 4.54. The predicted molar refractivity (Wildman–Crippen MR) is 74.8 cm³/mol. The summed E-state index contributed by atoms with van der Waals surface area (Å²) < 4.78 is 63.2. The van der Waals surface area contributed by atoms with Gasteiger partial charge in [0.2, 0.25) is 0 Å². The van der Waals surface area contributed by atoms with E-state index in [0.29, 0.717) is 6.07 Å². The Balaban J connectivity index is 2.82. The summed E-state index contributed by atoms with van der Waals surface area (Å²) in [6.07, 6.45) is 0. The fourth-order valence-corrected chi connectivity index (χ4v) is 3.16. The molecule has 0 saturated heterocycles. The van der Waals surface area contributed by atoms with E-state index in [1.54, 1.807) is 0 Å². The van der Waals surface area contributed by atoms with Crippen LogP contribution in [0.4, 0.5) is 0 Å². The Morgan fingerprint density at radius 1 is 0.727 bits per heavy atom. The quantitative estimate of drug-likeness (QED) is 0.607. The van der Waals surface area contributed by atoms with Crippen LogP contribution < -0.4 is 0 Å². The highest BCUT2D eigenvalue weighted by Crippen LogP contribution is 2.36. The van der Waals surface area contributed by atoms with E-state index in [2.05, 4.69) is 0 Å². The second-order valence-corrected chi connectivity index (χ2v) is 7.12. The normalized spacial score (nSPS) is 12.3. The lowest BCUT2D eigenvalue weighted by Gasteiger charge is -2.10. The molecule has 0 aliphatic heterocycles. The highest BCUT2D eigenvalue weighted by molar-refractivity contribution is 7.86. The molecule has 118 valence electrons. The molecule has 0 aliphatic rings. The van der Waals surface area contributed by atoms with Crippen molar-refractivity contribution in [2.45, 2.75) is 9.79 Å². The zero-order valence-corrected chi connectivity index (χ0v) is 12.3. The van der Waals surface area contributed by atoms with Crippen LogP contribution in [0.15, 0.2) is 46.2 Å². The molecule has 2 aromatic rings. The van der Waals surface area contributed by atoms with Crippen LogP contribution in [0, 0.1) is 0 Å². The molecule has 0 aromatic heterocycles. The average molecular weight is 346 g/mol. The summed E-state index contributed by atoms with van der Waals surface area (Å²) >= 11 is 0. The Morgan fingerprint density at radius 3 is 1.82 bits per heavy atom. The SMILES string of the molecule is O=S(=O)(O)c1ccc(-c2ccc(O)cc2O)c(S(=O)(=O)O)c1. The molecule has 0 amide bonds. The molecule has 0 heterocycles. The van der Waals surface area contributed by atoms with Crippen LogP contribution in [-0.4, -0.2) is 36.2 Å². The molecule has 0 aliphatic carbocycles. The Hall–Kier alpha value is -2.14. The van der Waals surface area contributed by atoms with E-state index < -0.39 is 35.8 Å². The third-order valence-electron chi connectivity index (χ3n) is 2.80. The van der Waals surface area contributed by atoms with Crippen LogP contribution in [0.2, 0.25) is 0 Å². The summed E-state index contributed by atoms with van der Waals surface area (Å²) in [7, 11) is -9.52. The lowest BCUT2D eigenvalue weighted by atomic mass is 10.0. The summed E-state index contributed by atoms with van der Waals surface area (Å²) in [6.45, 7) is 0. The lowest BCUT2D eigenvalue weighted by Crippen LogP contribution is -2.05. The molecule has 0 spiro atoms. The Bertz CT molecular complexity index is 945. The number of phenols is 2. The summed E-state index contributed by atoms with van der Waals surface area (Å²) in [5.74, 6) is -0.756. The molecule has 0 fully saturated rings. The molecule has 4 N–H and O–H groups in total. The van der Waals surface area contributed by atoms with Crippen molar-refractivity contribution < 1.29 is 36.2 Å². The fourth-order valence-electron chi connectivity index (χ4n) is 1.85. The van der Waals surface area contributed by atoms with Crippen molar-refractivity contribution >= 4 is 20.2 Å². The standard InChI is InChI=1S/C12H10O8S2/c13-7-1-3-9(11(14)5-7)10-4-2-8(21(15,16)17)6-12(10)22(18,19)20/h1-6,13-14H,(H,15,16,17)(H,18,19,20). The van der Waals surface area contributed by atoms with Gasteiger partial charge in [0.1, 0.15) is 16.4 Å². The van der Waals surface area contributed by atoms with Crippen LogP contribution >= 0.6 is 0 Å². The molecule has 10 heteroatoms. The van der Waals surface area contributed by atoms with Crippen LogP contribution in [-0.2, 0) is 20.2 Å². The van der Waals surface area contributed by atoms with Gasteiger partial charge in [-0.15, -0.1) is 0 Å². The van der Waals surface area contributed by atoms with Crippen molar-refractivity contribution in [2.24, 2.45) is 0 Å². The van der Waals surface area contributed by atoms with Gasteiger partial charge in [-0.1, -0.05) is 6.07 Å². The first-order valence-electron chi connectivity index (χ1n) is 5.61. The van der Waals surface area contributed by atoms with E-state index in [1.165, 1.54) is 12.1 Å². The van der Waals surface area contributed by atoms with Crippen LogP contribution in [0.1, 0.15) is 0 Å². The minimum absolute atomic E-state index is 0.0627. The first kappa shape index (κ1) is 16.2. The van der Waals surface area contributed by atoms with Gasteiger partial charge in [0.05, 0.1) is 4.90 Å². The molecule has 0 bridgehead atoms. The van der Waals surface area contributed by atoms with Crippen molar-refractivity contribution in [3.63, 3.8) is 0 Å². The zero-order chi connectivity index (χ0) is 16.7. The predicted octanol–water partition coefficient (Wildman–Crippen LogP) is 1.26. The number of aromatic hydroxyl groups is 2. The van der Waals surface area contributed by atoms with Crippen LogP contribution in [0.5, 0.6) is 11.5 Å². The average Bonchev–Trinajstić information content (AvgIpc) is 2.36. The molecule has 0 saturated carbocycles. The lowest BCUT2D eigenvalue weighted by molar-refractivity contribution is 0.452. The number of benzene rings is 2. The summed E-state index contributed by atoms with van der Waals surface area (Å²) in [5.41, 5.74) is -0.264. The highest BCUT2D eigenvalue weighted by atomic mass is 32.2. The van der Waals surface area contributed by atoms with Crippen LogP contribution in [0.25, 0.3) is 11.1 Å². The molecule has 22 heavy (non-hydrogen) atoms. The zero-order valence-electron chi connectivity index (χ0n) is 10.7. The van der Waals surface area contributed by atoms with E-state index in [1.807, 2.05) is 0 Å². The fraction of sp³-hybridized carbons (Fsp3) is 0. The van der Waals surface area contributed by atoms with Crippen molar-refractivity contribution in [2.75, 3.05) is 0 Å². The summed E-state index contributed by atoms with van der Waals surface area (Å²) in [5, 5.41) is 19.0. The van der Waals surface area contributed by atoms with Crippen LogP contribution in [0.3, 0.4) is 0 Å². The van der Waals surface area contributed by atoms with Gasteiger partial charge in [-0.05, 0) is 24.3 Å². The van der Waals surface area contributed by atoms with Gasteiger partial charge < -0.3 is 10.2 Å². The summed E-state index contributed by atoms with van der Waals surface area (Å²) in [6, 6.07) is 5.76. The number of phenolic OH excluding ortho intramolecular Hbond substituents is 2. The molecular formula is C12H10O8S2. The molecule has 2 rings (SSSR count). The van der Waals surface area contributed by atoms with Gasteiger partial charge in [-0.25, -0.2) is 0 Å². The van der Waals surface area contributed by atoms with Crippen molar-refractivity contribution in [3.8, 4) is 22.6 Å². The molecule has 0 radical (unpaired) electrons. The highest BCUT2D eigenvalue weighted by Gasteiger charge is 2.22. The smallest absolute Gasteiger partial charge is 0.295 e. The number of hydrogen-bond acceptors (Lipinski definition) is 6. The third kappa shape index (κ3) is 3.20.